The van der Waals surface area contributed by atoms with Gasteiger partial charge in [0.25, 0.3) is 0 Å². The highest BCUT2D eigenvalue weighted by molar-refractivity contribution is 5.83. The highest BCUT2D eigenvalue weighted by Crippen LogP contribution is 2.25. The minimum absolute atomic E-state index is 0.121. The number of rotatable bonds is 2. The Morgan fingerprint density at radius 3 is 2.65 bits per heavy atom. The Morgan fingerprint density at radius 1 is 0.941 bits per heavy atom. The van der Waals surface area contributed by atoms with Crippen LogP contribution < -0.4 is 4.74 Å². The van der Waals surface area contributed by atoms with Crippen molar-refractivity contribution in [3.8, 4) is 11.6 Å². The van der Waals surface area contributed by atoms with Crippen molar-refractivity contribution in [3.05, 3.63) is 60.9 Å². The zero-order valence-corrected chi connectivity index (χ0v) is 8.92. The summed E-state index contributed by atoms with van der Waals surface area (Å²) in [5.74, 6) is 0.858. The number of nitrogens with zero attached hydrogens (tertiary/aromatic N) is 2. The molecule has 82 valence electrons. The number of fused-ring (bicyclic) bond motifs is 1. The van der Waals surface area contributed by atoms with Crippen molar-refractivity contribution in [2.45, 2.75) is 0 Å². The van der Waals surface area contributed by atoms with Gasteiger partial charge in [-0.25, -0.2) is 9.97 Å². The molecule has 0 fully saturated rings. The molecule has 0 aliphatic heterocycles. The molecule has 3 aromatic rings. The number of hydrogen-bond acceptors (Lipinski definition) is 3. The average Bonchev–Trinajstić information content (AvgIpc) is 2.39. The Kier molecular flexibility index (Phi) is 1.93. The summed E-state index contributed by atoms with van der Waals surface area (Å²) in [6.45, 7) is 0. The molecular weight excluding hydrogens is 212 g/mol. The maximum atomic E-state index is 7.92. The van der Waals surface area contributed by atoms with Gasteiger partial charge in [0.05, 0.1) is 12.3 Å². The molecule has 0 amide bonds. The lowest BCUT2D eigenvalue weighted by atomic mass is 10.2. The highest BCUT2D eigenvalue weighted by Gasteiger charge is 2.04. The Labute approximate surface area is 102 Å². The van der Waals surface area contributed by atoms with Crippen molar-refractivity contribution in [2.75, 3.05) is 0 Å². The van der Waals surface area contributed by atoms with Crippen LogP contribution in [0.15, 0.2) is 60.9 Å². The molecule has 0 atom stereocenters. The molecule has 0 aliphatic carbocycles. The highest BCUT2D eigenvalue weighted by atomic mass is 16.5. The normalized spacial score (nSPS) is 12.0. The van der Waals surface area contributed by atoms with E-state index in [4.69, 9.17) is 7.48 Å². The molecule has 1 aromatic heterocycles. The third kappa shape index (κ3) is 1.95. The minimum atomic E-state index is -0.121. The first-order valence-electron chi connectivity index (χ1n) is 6.21. The number of benzene rings is 2. The molecular formula is C14H10N2O. The smallest absolute Gasteiger partial charge is 0.230 e. The predicted octanol–water partition coefficient (Wildman–Crippen LogP) is 3.42. The van der Waals surface area contributed by atoms with Gasteiger partial charge >= 0.3 is 0 Å². The van der Waals surface area contributed by atoms with Crippen LogP contribution in [0.2, 0.25) is 0 Å². The van der Waals surface area contributed by atoms with Gasteiger partial charge in [0.15, 0.2) is 0 Å². The summed E-state index contributed by atoms with van der Waals surface area (Å²) in [6, 6.07) is 14.6. The number of aromatic nitrogens is 2. The van der Waals surface area contributed by atoms with Gasteiger partial charge in [0.1, 0.15) is 13.4 Å². The first kappa shape index (κ1) is 7.79. The van der Waals surface area contributed by atoms with Gasteiger partial charge in [-0.05, 0) is 24.2 Å². The van der Waals surface area contributed by atoms with Crippen LogP contribution in [0.1, 0.15) is 2.74 Å². The first-order valence-corrected chi connectivity index (χ1v) is 5.21. The van der Waals surface area contributed by atoms with Gasteiger partial charge in [-0.2, -0.15) is 0 Å². The van der Waals surface area contributed by atoms with Crippen LogP contribution in [0.25, 0.3) is 10.9 Å². The molecule has 1 heterocycles. The van der Waals surface area contributed by atoms with E-state index in [0.29, 0.717) is 16.7 Å². The monoisotopic (exact) mass is 224 g/mol. The zero-order chi connectivity index (χ0) is 13.2. The predicted molar refractivity (Wildman–Crippen MR) is 66.1 cm³/mol. The summed E-state index contributed by atoms with van der Waals surface area (Å²) >= 11 is 0. The molecule has 0 N–H and O–H groups in total. The Balaban J connectivity index is 2.17. The molecule has 3 rings (SSSR count). The summed E-state index contributed by atoms with van der Waals surface area (Å²) in [4.78, 5) is 7.97. The van der Waals surface area contributed by atoms with E-state index in [1.807, 2.05) is 18.2 Å². The van der Waals surface area contributed by atoms with Crippen LogP contribution in [-0.2, 0) is 0 Å². The second kappa shape index (κ2) is 4.22. The Bertz CT molecular complexity index is 732. The molecule has 0 saturated carbocycles. The number of hydrogen-bond donors (Lipinski definition) is 0. The average molecular weight is 224 g/mol. The fourth-order valence-electron chi connectivity index (χ4n) is 1.55. The largest absolute Gasteiger partial charge is 0.438 e. The molecule has 0 unspecified atom stereocenters. The topological polar surface area (TPSA) is 35.0 Å². The Hall–Kier alpha value is -2.42. The van der Waals surface area contributed by atoms with Crippen molar-refractivity contribution in [2.24, 2.45) is 0 Å². The number of ether oxygens (including phenoxy) is 1. The van der Waals surface area contributed by atoms with Gasteiger partial charge < -0.3 is 4.74 Å². The summed E-state index contributed by atoms with van der Waals surface area (Å²) in [7, 11) is 0. The lowest BCUT2D eigenvalue weighted by Gasteiger charge is -2.06. The van der Waals surface area contributed by atoms with Crippen LogP contribution in [0.5, 0.6) is 11.6 Å². The molecule has 3 heteroatoms. The van der Waals surface area contributed by atoms with Gasteiger partial charge in [-0.15, -0.1) is 0 Å². The van der Waals surface area contributed by atoms with Crippen molar-refractivity contribution in [1.29, 1.82) is 0 Å². The Morgan fingerprint density at radius 2 is 1.76 bits per heavy atom. The van der Waals surface area contributed by atoms with Gasteiger partial charge in [0, 0.05) is 0 Å². The SMILES string of the molecule is [2H]c1nc(Oc2ccccc2)c2c([2H])cccc2n1. The van der Waals surface area contributed by atoms with E-state index in [-0.39, 0.29) is 18.2 Å². The maximum absolute atomic E-state index is 7.92. The fraction of sp³-hybridized carbons (Fsp3) is 0. The van der Waals surface area contributed by atoms with Gasteiger partial charge in [-0.1, -0.05) is 30.3 Å². The van der Waals surface area contributed by atoms with Crippen LogP contribution in [0.3, 0.4) is 0 Å². The zero-order valence-electron chi connectivity index (χ0n) is 10.9. The van der Waals surface area contributed by atoms with Crippen molar-refractivity contribution in [1.82, 2.24) is 9.97 Å². The second-order valence-electron chi connectivity index (χ2n) is 3.47. The summed E-state index contributed by atoms with van der Waals surface area (Å²) in [5.41, 5.74) is 0.540. The van der Waals surface area contributed by atoms with E-state index in [9.17, 15) is 0 Å². The van der Waals surface area contributed by atoms with Crippen LogP contribution in [0.4, 0.5) is 0 Å². The van der Waals surface area contributed by atoms with Crippen molar-refractivity contribution in [3.63, 3.8) is 0 Å². The summed E-state index contributed by atoms with van der Waals surface area (Å²) < 4.78 is 21.2. The standard InChI is InChI=1S/C14H10N2O/c1-2-6-11(7-3-1)17-14-12-8-4-5-9-13(12)15-10-16-14/h1-10H/i8D,10D. The lowest BCUT2D eigenvalue weighted by Crippen LogP contribution is -1.90. The molecule has 3 nitrogen and oxygen atoms in total. The van der Waals surface area contributed by atoms with E-state index >= 15 is 0 Å². The molecule has 0 radical (unpaired) electrons. The van der Waals surface area contributed by atoms with Crippen LogP contribution in [-0.4, -0.2) is 9.97 Å². The lowest BCUT2D eigenvalue weighted by molar-refractivity contribution is 0.468. The summed E-state index contributed by atoms with van der Waals surface area (Å²) in [6.07, 6.45) is -0.121. The first-order chi connectivity index (χ1) is 9.24. The molecule has 2 aromatic carbocycles. The van der Waals surface area contributed by atoms with Crippen LogP contribution in [0, 0.1) is 0 Å². The van der Waals surface area contributed by atoms with Gasteiger partial charge in [0.2, 0.25) is 5.88 Å². The molecule has 0 aliphatic rings. The van der Waals surface area contributed by atoms with Crippen LogP contribution >= 0.6 is 0 Å². The maximum Gasteiger partial charge on any atom is 0.230 e. The quantitative estimate of drug-likeness (QED) is 0.669. The van der Waals surface area contributed by atoms with Crippen molar-refractivity contribution < 1.29 is 7.48 Å². The molecule has 17 heavy (non-hydrogen) atoms. The second-order valence-corrected chi connectivity index (χ2v) is 3.47. The fourth-order valence-corrected chi connectivity index (χ4v) is 1.55. The number of para-hydroxylation sites is 2. The molecule has 0 bridgehead atoms. The van der Waals surface area contributed by atoms with E-state index in [1.54, 1.807) is 30.3 Å². The van der Waals surface area contributed by atoms with E-state index in [1.165, 1.54) is 0 Å². The summed E-state index contributed by atoms with van der Waals surface area (Å²) in [5, 5.41) is 0.516. The minimum Gasteiger partial charge on any atom is -0.438 e. The van der Waals surface area contributed by atoms with E-state index in [2.05, 4.69) is 9.97 Å². The third-order valence-corrected chi connectivity index (χ3v) is 2.33. The van der Waals surface area contributed by atoms with E-state index < -0.39 is 0 Å². The molecule has 0 spiro atoms. The third-order valence-electron chi connectivity index (χ3n) is 2.33. The van der Waals surface area contributed by atoms with E-state index in [0.717, 1.165) is 0 Å². The van der Waals surface area contributed by atoms with Crippen molar-refractivity contribution >= 4 is 10.9 Å². The van der Waals surface area contributed by atoms with Gasteiger partial charge in [-0.3, -0.25) is 0 Å². The molecule has 0 saturated heterocycles.